The van der Waals surface area contributed by atoms with Gasteiger partial charge >= 0.3 is 39.5 Å². The van der Waals surface area contributed by atoms with E-state index in [-0.39, 0.29) is 25.7 Å². The molecular weight excluding hydrogens is 1280 g/mol. The molecular formula is C79H136O17P2. The van der Waals surface area contributed by atoms with Gasteiger partial charge in [-0.15, -0.1) is 0 Å². The van der Waals surface area contributed by atoms with Crippen LogP contribution in [0.25, 0.3) is 0 Å². The molecule has 17 nitrogen and oxygen atoms in total. The van der Waals surface area contributed by atoms with E-state index < -0.39 is 97.5 Å². The summed E-state index contributed by atoms with van der Waals surface area (Å²) in [6, 6.07) is 0. The van der Waals surface area contributed by atoms with Crippen molar-refractivity contribution in [3.63, 3.8) is 0 Å². The number of rotatable bonds is 71. The van der Waals surface area contributed by atoms with Crippen molar-refractivity contribution in [3.05, 3.63) is 109 Å². The van der Waals surface area contributed by atoms with Crippen molar-refractivity contribution in [2.45, 2.75) is 329 Å². The Morgan fingerprint density at radius 2 is 0.531 bits per heavy atom. The summed E-state index contributed by atoms with van der Waals surface area (Å²) in [6.07, 6.45) is 75.1. The standard InChI is InChI=1S/C79H136O17P2/c1-5-9-13-17-21-25-29-32-35-36-39-41-45-48-52-56-60-64-77(82)89-69-74(95-78(83)65-61-57-53-49-43-28-24-20-16-12-8-4)71-93-97(85,86)91-67-73(80)68-92-98(87,88)94-72-75(96-79(84)66-62-58-54-50-46-42-38-34-31-27-23-19-15-11-7-3)70-90-76(81)63-59-55-51-47-44-40-37-33-30-26-22-18-14-10-6-2/h9-11,13-15,21-23,25-27,32-35,37-38,73-75,80H,5-8,12,16-20,24,28-31,36,39-72H2,1-4H3,(H,85,86)(H,87,88)/b13-9-,14-10-,15-11-,25-21-,26-22-,27-23-,35-32-,37-33-,38-34-. The molecule has 0 bridgehead atoms. The van der Waals surface area contributed by atoms with Gasteiger partial charge in [-0.2, -0.15) is 0 Å². The van der Waals surface area contributed by atoms with Crippen LogP contribution in [0.2, 0.25) is 0 Å². The Balaban J connectivity index is 5.34. The summed E-state index contributed by atoms with van der Waals surface area (Å²) < 4.78 is 68.4. The van der Waals surface area contributed by atoms with Gasteiger partial charge < -0.3 is 33.8 Å². The third-order valence-electron chi connectivity index (χ3n) is 15.7. The number of unbranched alkanes of at least 4 members (excludes halogenated alkanes) is 27. The van der Waals surface area contributed by atoms with Crippen LogP contribution in [-0.2, 0) is 65.4 Å². The van der Waals surface area contributed by atoms with E-state index in [0.717, 1.165) is 193 Å². The Labute approximate surface area is 594 Å². The molecule has 0 aliphatic carbocycles. The van der Waals surface area contributed by atoms with Crippen LogP contribution >= 0.6 is 15.6 Å². The lowest BCUT2D eigenvalue weighted by atomic mass is 10.1. The van der Waals surface area contributed by atoms with Gasteiger partial charge in [-0.1, -0.05) is 272 Å². The molecule has 0 aliphatic rings. The Morgan fingerprint density at radius 3 is 0.816 bits per heavy atom. The molecule has 5 unspecified atom stereocenters. The molecule has 5 atom stereocenters. The minimum atomic E-state index is -4.98. The van der Waals surface area contributed by atoms with E-state index in [1.54, 1.807) is 0 Å². The molecule has 98 heavy (non-hydrogen) atoms. The van der Waals surface area contributed by atoms with Crippen LogP contribution in [0.1, 0.15) is 310 Å². The number of aliphatic hydroxyl groups is 1. The molecule has 0 aliphatic heterocycles. The third-order valence-corrected chi connectivity index (χ3v) is 17.6. The van der Waals surface area contributed by atoms with E-state index in [9.17, 15) is 43.2 Å². The van der Waals surface area contributed by atoms with E-state index >= 15 is 0 Å². The lowest BCUT2D eigenvalue weighted by molar-refractivity contribution is -0.161. The maximum absolute atomic E-state index is 13.1. The predicted molar refractivity (Wildman–Crippen MR) is 399 cm³/mol. The summed E-state index contributed by atoms with van der Waals surface area (Å²) in [5.41, 5.74) is 0. The molecule has 0 radical (unpaired) electrons. The van der Waals surface area contributed by atoms with E-state index in [1.165, 1.54) is 38.5 Å². The van der Waals surface area contributed by atoms with Gasteiger partial charge in [0.25, 0.3) is 0 Å². The summed E-state index contributed by atoms with van der Waals surface area (Å²) >= 11 is 0. The third kappa shape index (κ3) is 70.2. The molecule has 0 spiro atoms. The first-order valence-corrected chi connectivity index (χ1v) is 41.1. The zero-order valence-corrected chi connectivity index (χ0v) is 63.2. The van der Waals surface area contributed by atoms with Gasteiger partial charge in [0.1, 0.15) is 19.3 Å². The van der Waals surface area contributed by atoms with Crippen LogP contribution in [0.3, 0.4) is 0 Å². The highest BCUT2D eigenvalue weighted by Gasteiger charge is 2.30. The summed E-state index contributed by atoms with van der Waals surface area (Å²) in [5.74, 6) is -2.21. The van der Waals surface area contributed by atoms with Crippen molar-refractivity contribution in [2.24, 2.45) is 0 Å². The number of hydrogen-bond acceptors (Lipinski definition) is 15. The normalized spacial score (nSPS) is 14.6. The Bertz CT molecular complexity index is 2290. The number of allylic oxidation sites excluding steroid dienone is 18. The van der Waals surface area contributed by atoms with Crippen molar-refractivity contribution in [1.29, 1.82) is 0 Å². The largest absolute Gasteiger partial charge is 0.472 e. The van der Waals surface area contributed by atoms with Gasteiger partial charge in [0.15, 0.2) is 12.2 Å². The van der Waals surface area contributed by atoms with Crippen LogP contribution in [0.15, 0.2) is 109 Å². The van der Waals surface area contributed by atoms with E-state index in [2.05, 4.69) is 137 Å². The second-order valence-corrected chi connectivity index (χ2v) is 28.1. The summed E-state index contributed by atoms with van der Waals surface area (Å²) in [5, 5.41) is 10.6. The number of phosphoric acid groups is 2. The maximum Gasteiger partial charge on any atom is 0.472 e. The number of ether oxygens (including phenoxy) is 4. The fourth-order valence-electron chi connectivity index (χ4n) is 10.0. The van der Waals surface area contributed by atoms with Crippen LogP contribution in [0, 0.1) is 0 Å². The predicted octanol–water partition coefficient (Wildman–Crippen LogP) is 21.8. The highest BCUT2D eigenvalue weighted by atomic mass is 31.2. The van der Waals surface area contributed by atoms with Crippen LogP contribution in [0.5, 0.6) is 0 Å². The minimum absolute atomic E-state index is 0.0707. The summed E-state index contributed by atoms with van der Waals surface area (Å²) in [6.45, 7) is 4.50. The van der Waals surface area contributed by atoms with Gasteiger partial charge in [0, 0.05) is 25.7 Å². The number of hydrogen-bond donors (Lipinski definition) is 3. The number of esters is 4. The molecule has 0 amide bonds. The molecule has 3 N–H and O–H groups in total. The average molecular weight is 1420 g/mol. The number of aliphatic hydroxyl groups excluding tert-OH is 1. The zero-order chi connectivity index (χ0) is 71.8. The van der Waals surface area contributed by atoms with Crippen molar-refractivity contribution in [2.75, 3.05) is 39.6 Å². The number of phosphoric ester groups is 2. The Hall–Kier alpha value is -4.28. The number of carbonyl (C=O) groups is 4. The second kappa shape index (κ2) is 71.1. The van der Waals surface area contributed by atoms with Gasteiger partial charge in [-0.3, -0.25) is 37.3 Å². The smallest absolute Gasteiger partial charge is 0.462 e. The monoisotopic (exact) mass is 1420 g/mol. The molecule has 0 aromatic carbocycles. The second-order valence-electron chi connectivity index (χ2n) is 25.2. The minimum Gasteiger partial charge on any atom is -0.462 e. The van der Waals surface area contributed by atoms with Crippen LogP contribution in [-0.4, -0.2) is 96.7 Å². The topological polar surface area (TPSA) is 237 Å². The van der Waals surface area contributed by atoms with Crippen molar-refractivity contribution >= 4 is 39.5 Å². The number of carbonyl (C=O) groups excluding carboxylic acids is 4. The molecule has 0 aromatic heterocycles. The van der Waals surface area contributed by atoms with Crippen molar-refractivity contribution < 1.29 is 80.2 Å². The highest BCUT2D eigenvalue weighted by Crippen LogP contribution is 2.45. The molecule has 0 aromatic rings. The molecule has 0 saturated heterocycles. The van der Waals surface area contributed by atoms with Crippen LogP contribution in [0.4, 0.5) is 0 Å². The fourth-order valence-corrected chi connectivity index (χ4v) is 11.6. The summed E-state index contributed by atoms with van der Waals surface area (Å²) in [7, 11) is -9.96. The van der Waals surface area contributed by atoms with Crippen molar-refractivity contribution in [1.82, 2.24) is 0 Å². The Morgan fingerprint density at radius 1 is 0.296 bits per heavy atom. The molecule has 0 fully saturated rings. The molecule has 0 rings (SSSR count). The zero-order valence-electron chi connectivity index (χ0n) is 61.4. The van der Waals surface area contributed by atoms with E-state index in [1.807, 2.05) is 0 Å². The van der Waals surface area contributed by atoms with Crippen LogP contribution < -0.4 is 0 Å². The fraction of sp³-hybridized carbons (Fsp3) is 0.722. The lowest BCUT2D eigenvalue weighted by Gasteiger charge is -2.21. The van der Waals surface area contributed by atoms with E-state index in [4.69, 9.17) is 37.0 Å². The highest BCUT2D eigenvalue weighted by molar-refractivity contribution is 7.47. The van der Waals surface area contributed by atoms with Gasteiger partial charge in [-0.05, 0) is 122 Å². The molecule has 0 saturated carbocycles. The molecule has 564 valence electrons. The first kappa shape index (κ1) is 93.7. The summed E-state index contributed by atoms with van der Waals surface area (Å²) in [4.78, 5) is 72.8. The van der Waals surface area contributed by atoms with Gasteiger partial charge in [0.05, 0.1) is 26.4 Å². The quantitative estimate of drug-likeness (QED) is 0.0169. The van der Waals surface area contributed by atoms with E-state index in [0.29, 0.717) is 25.7 Å². The first-order valence-electron chi connectivity index (χ1n) is 38.1. The van der Waals surface area contributed by atoms with Gasteiger partial charge in [-0.25, -0.2) is 9.13 Å². The average Bonchev–Trinajstić information content (AvgIpc) is 0.986. The maximum atomic E-state index is 13.1. The first-order chi connectivity index (χ1) is 47.7. The molecule has 0 heterocycles. The Kier molecular flexibility index (Phi) is 68.0. The van der Waals surface area contributed by atoms with Gasteiger partial charge in [0.2, 0.25) is 0 Å². The van der Waals surface area contributed by atoms with Crippen molar-refractivity contribution in [3.8, 4) is 0 Å². The SMILES string of the molecule is CC/C=C\C/C=C\C/C=C\CCCCCCCCCC(=O)OCC(COP(=O)(O)OCC(O)COP(=O)(O)OCC(COC(=O)CCCCCCC/C=C\C/C=C\C/C=C\CC)OC(=O)CCCCCCC/C=C\C/C=C\C/C=C\CC)OC(=O)CCCCCCCCCCCCC. The lowest BCUT2D eigenvalue weighted by Crippen LogP contribution is -2.30. The molecule has 19 heteroatoms.